The van der Waals surface area contributed by atoms with Gasteiger partial charge < -0.3 is 21.9 Å². The minimum atomic E-state index is -0.00157. The van der Waals surface area contributed by atoms with Crippen LogP contribution in [0.1, 0.15) is 63.8 Å². The maximum absolute atomic E-state index is 9.13. The number of nitrogens with zero attached hydrogens (tertiary/aromatic N) is 2. The third-order valence-electron chi connectivity index (χ3n) is 3.54. The maximum Gasteiger partial charge on any atom is 0.170 e. The molecule has 0 fully saturated rings. The highest BCUT2D eigenvalue weighted by molar-refractivity contribution is 6.03. The van der Waals surface area contributed by atoms with Crippen LogP contribution in [-0.2, 0) is 12.8 Å². The molecule has 1 aromatic carbocycles. The number of hydrogen-bond acceptors (Lipinski definition) is 4. The summed E-state index contributed by atoms with van der Waals surface area (Å²) in [4.78, 5) is 0. The van der Waals surface area contributed by atoms with Crippen molar-refractivity contribution in [3.8, 4) is 0 Å². The SMILES string of the molecule is CC(C)(C)Cc1cc(/C(N)=N/O)c(CC(C)(C)C)cc1/C(N)=N/O. The Hall–Kier alpha value is -2.24. The third-order valence-corrected chi connectivity index (χ3v) is 3.54. The normalized spacial score (nSPS) is 14.1. The molecule has 6 heteroatoms. The minimum Gasteiger partial charge on any atom is -0.409 e. The zero-order valence-electron chi connectivity index (χ0n) is 15.5. The van der Waals surface area contributed by atoms with Crippen molar-refractivity contribution in [2.75, 3.05) is 0 Å². The van der Waals surface area contributed by atoms with Gasteiger partial charge >= 0.3 is 0 Å². The molecular weight excluding hydrogens is 304 g/mol. The van der Waals surface area contributed by atoms with Crippen LogP contribution >= 0.6 is 0 Å². The van der Waals surface area contributed by atoms with E-state index in [1.165, 1.54) is 0 Å². The monoisotopic (exact) mass is 334 g/mol. The van der Waals surface area contributed by atoms with Crippen LogP contribution < -0.4 is 11.5 Å². The molecule has 6 nitrogen and oxygen atoms in total. The zero-order valence-corrected chi connectivity index (χ0v) is 15.5. The highest BCUT2D eigenvalue weighted by Crippen LogP contribution is 2.29. The second-order valence-electron chi connectivity index (χ2n) is 8.61. The molecule has 0 amide bonds. The molecule has 0 unspecified atom stereocenters. The van der Waals surface area contributed by atoms with Crippen molar-refractivity contribution in [1.29, 1.82) is 0 Å². The van der Waals surface area contributed by atoms with E-state index in [1.807, 2.05) is 12.1 Å². The lowest BCUT2D eigenvalue weighted by molar-refractivity contribution is 0.318. The molecule has 0 radical (unpaired) electrons. The van der Waals surface area contributed by atoms with Crippen molar-refractivity contribution in [2.45, 2.75) is 54.4 Å². The van der Waals surface area contributed by atoms with Gasteiger partial charge in [0.15, 0.2) is 11.7 Å². The second-order valence-corrected chi connectivity index (χ2v) is 8.61. The summed E-state index contributed by atoms with van der Waals surface area (Å²) in [5, 5.41) is 24.6. The third kappa shape index (κ3) is 5.44. The zero-order chi connectivity index (χ0) is 18.7. The van der Waals surface area contributed by atoms with Gasteiger partial charge in [0.1, 0.15) is 0 Å². The Labute approximate surface area is 144 Å². The van der Waals surface area contributed by atoms with Gasteiger partial charge in [-0.2, -0.15) is 0 Å². The number of hydrogen-bond donors (Lipinski definition) is 4. The van der Waals surface area contributed by atoms with Crippen molar-refractivity contribution >= 4 is 11.7 Å². The number of rotatable bonds is 4. The molecule has 0 aliphatic carbocycles. The summed E-state index contributed by atoms with van der Waals surface area (Å²) in [6.45, 7) is 12.6. The van der Waals surface area contributed by atoms with E-state index < -0.39 is 0 Å². The Balaban J connectivity index is 3.65. The van der Waals surface area contributed by atoms with Crippen molar-refractivity contribution in [3.63, 3.8) is 0 Å². The Bertz CT molecular complexity index is 592. The molecule has 0 bridgehead atoms. The minimum absolute atomic E-state index is 0.00157. The summed E-state index contributed by atoms with van der Waals surface area (Å²) in [6.07, 6.45) is 1.42. The van der Waals surface area contributed by atoms with Gasteiger partial charge in [-0.25, -0.2) is 0 Å². The Kier molecular flexibility index (Phi) is 5.87. The quantitative estimate of drug-likeness (QED) is 0.293. The van der Waals surface area contributed by atoms with Crippen LogP contribution in [0.25, 0.3) is 0 Å². The van der Waals surface area contributed by atoms with Gasteiger partial charge in [-0.15, -0.1) is 0 Å². The summed E-state index contributed by atoms with van der Waals surface area (Å²) in [5.41, 5.74) is 14.9. The van der Waals surface area contributed by atoms with E-state index in [9.17, 15) is 0 Å². The molecule has 0 saturated carbocycles. The van der Waals surface area contributed by atoms with Gasteiger partial charge in [0.25, 0.3) is 0 Å². The van der Waals surface area contributed by atoms with E-state index in [1.54, 1.807) is 0 Å². The number of oxime groups is 2. The van der Waals surface area contributed by atoms with Crippen molar-refractivity contribution in [1.82, 2.24) is 0 Å². The maximum atomic E-state index is 9.13. The first kappa shape index (κ1) is 19.8. The van der Waals surface area contributed by atoms with Crippen LogP contribution in [0.5, 0.6) is 0 Å². The first-order valence-electron chi connectivity index (χ1n) is 7.99. The van der Waals surface area contributed by atoms with Crippen molar-refractivity contribution in [3.05, 3.63) is 34.4 Å². The molecule has 0 saturated heterocycles. The van der Waals surface area contributed by atoms with Crippen molar-refractivity contribution < 1.29 is 10.4 Å². The molecule has 0 aliphatic rings. The summed E-state index contributed by atoms with van der Waals surface area (Å²) < 4.78 is 0. The summed E-state index contributed by atoms with van der Waals surface area (Å²) >= 11 is 0. The fourth-order valence-corrected chi connectivity index (χ4v) is 2.71. The van der Waals surface area contributed by atoms with E-state index in [0.717, 1.165) is 11.1 Å². The molecule has 1 aromatic rings. The van der Waals surface area contributed by atoms with Crippen LogP contribution in [0.3, 0.4) is 0 Å². The smallest absolute Gasteiger partial charge is 0.170 e. The molecule has 0 heterocycles. The Morgan fingerprint density at radius 1 is 0.792 bits per heavy atom. The molecule has 6 N–H and O–H groups in total. The van der Waals surface area contributed by atoms with Crippen LogP contribution in [0, 0.1) is 10.8 Å². The fraction of sp³-hybridized carbons (Fsp3) is 0.556. The first-order chi connectivity index (χ1) is 10.9. The molecule has 0 spiro atoms. The average Bonchev–Trinajstić information content (AvgIpc) is 2.43. The topological polar surface area (TPSA) is 117 Å². The van der Waals surface area contributed by atoms with Crippen LogP contribution in [0.2, 0.25) is 0 Å². The lowest BCUT2D eigenvalue weighted by atomic mass is 9.81. The van der Waals surface area contributed by atoms with Gasteiger partial charge in [-0.1, -0.05) is 51.9 Å². The van der Waals surface area contributed by atoms with Crippen LogP contribution in [0.15, 0.2) is 22.4 Å². The highest BCUT2D eigenvalue weighted by Gasteiger charge is 2.22. The van der Waals surface area contributed by atoms with Crippen LogP contribution in [-0.4, -0.2) is 22.1 Å². The van der Waals surface area contributed by atoms with Crippen LogP contribution in [0.4, 0.5) is 0 Å². The van der Waals surface area contributed by atoms with Crippen molar-refractivity contribution in [2.24, 2.45) is 32.6 Å². The lowest BCUT2D eigenvalue weighted by Crippen LogP contribution is -2.24. The first-order valence-corrected chi connectivity index (χ1v) is 7.99. The van der Waals surface area contributed by atoms with Gasteiger partial charge in [-0.3, -0.25) is 0 Å². The van der Waals surface area contributed by atoms with E-state index in [0.29, 0.717) is 24.0 Å². The summed E-state index contributed by atoms with van der Waals surface area (Å²) in [5.74, 6) is 0.130. The van der Waals surface area contributed by atoms with Gasteiger partial charge in [0.05, 0.1) is 0 Å². The van der Waals surface area contributed by atoms with E-state index in [2.05, 4.69) is 51.9 Å². The summed E-state index contributed by atoms with van der Waals surface area (Å²) in [7, 11) is 0. The van der Waals surface area contributed by atoms with Gasteiger partial charge in [0.2, 0.25) is 0 Å². The molecule has 0 atom stereocenters. The second kappa shape index (κ2) is 7.11. The Morgan fingerprint density at radius 2 is 1.08 bits per heavy atom. The molecule has 0 aromatic heterocycles. The molecule has 1 rings (SSSR count). The van der Waals surface area contributed by atoms with E-state index >= 15 is 0 Å². The fourth-order valence-electron chi connectivity index (χ4n) is 2.71. The highest BCUT2D eigenvalue weighted by atomic mass is 16.4. The largest absolute Gasteiger partial charge is 0.409 e. The lowest BCUT2D eigenvalue weighted by Gasteiger charge is -2.25. The Morgan fingerprint density at radius 3 is 1.29 bits per heavy atom. The summed E-state index contributed by atoms with van der Waals surface area (Å²) in [6, 6.07) is 3.77. The predicted octanol–water partition coefficient (Wildman–Crippen LogP) is 3.05. The number of benzene rings is 1. The molecule has 134 valence electrons. The average molecular weight is 334 g/mol. The predicted molar refractivity (Wildman–Crippen MR) is 97.8 cm³/mol. The standard InChI is InChI=1S/C18H30N4O2/c1-17(2,3)9-11-7-14(16(20)22-24)12(10-18(4,5)6)8-13(11)15(19)21-23/h7-8,23-24H,9-10H2,1-6H3,(H2,19,21)(H2,20,22). The van der Waals surface area contributed by atoms with Gasteiger partial charge in [0, 0.05) is 11.1 Å². The van der Waals surface area contributed by atoms with E-state index in [4.69, 9.17) is 21.9 Å². The molecular formula is C18H30N4O2. The molecule has 24 heavy (non-hydrogen) atoms. The molecule has 0 aliphatic heterocycles. The van der Waals surface area contributed by atoms with Gasteiger partial charge in [-0.05, 0) is 46.9 Å². The number of nitrogens with two attached hydrogens (primary N) is 2. The van der Waals surface area contributed by atoms with E-state index in [-0.39, 0.29) is 22.5 Å². The number of amidine groups is 2.